The molecule has 0 aliphatic carbocycles. The van der Waals surface area contributed by atoms with Crippen molar-refractivity contribution in [1.82, 2.24) is 30.1 Å². The lowest BCUT2D eigenvalue weighted by molar-refractivity contribution is 0.169. The summed E-state index contributed by atoms with van der Waals surface area (Å²) in [7, 11) is 0. The molecule has 1 saturated heterocycles. The van der Waals surface area contributed by atoms with Gasteiger partial charge < -0.3 is 10.6 Å². The number of thiophene rings is 1. The topological polar surface area (TPSA) is 89.0 Å². The SMILES string of the molecule is CCC(c1nnnn1Cc1cccs1)N1CCN(c2nc3cc(N)ccc3s2)CC1. The van der Waals surface area contributed by atoms with E-state index in [9.17, 15) is 0 Å². The van der Waals surface area contributed by atoms with Crippen LogP contribution in [-0.4, -0.2) is 56.3 Å². The molecule has 2 N–H and O–H groups in total. The number of anilines is 2. The van der Waals surface area contributed by atoms with Gasteiger partial charge in [-0.2, -0.15) is 0 Å². The van der Waals surface area contributed by atoms with E-state index < -0.39 is 0 Å². The summed E-state index contributed by atoms with van der Waals surface area (Å²) in [6.07, 6.45) is 0.977. The van der Waals surface area contributed by atoms with Crippen LogP contribution in [0.1, 0.15) is 30.1 Å². The standard InChI is InChI=1S/C20H24N8S2/c1-2-17(19-23-24-25-28(19)13-15-4-3-11-29-15)26-7-9-27(10-8-26)20-22-16-12-14(21)5-6-18(16)30-20/h3-6,11-12,17H,2,7-10,13,21H2,1H3. The highest BCUT2D eigenvalue weighted by molar-refractivity contribution is 7.22. The number of benzene rings is 1. The molecule has 1 atom stereocenters. The molecule has 1 aliphatic heterocycles. The van der Waals surface area contributed by atoms with Gasteiger partial charge in [0.2, 0.25) is 0 Å². The van der Waals surface area contributed by atoms with Crippen molar-refractivity contribution in [1.29, 1.82) is 0 Å². The molecule has 4 heterocycles. The first-order valence-electron chi connectivity index (χ1n) is 10.1. The second-order valence-corrected chi connectivity index (χ2v) is 9.49. The van der Waals surface area contributed by atoms with Gasteiger partial charge in [0.25, 0.3) is 0 Å². The minimum Gasteiger partial charge on any atom is -0.399 e. The lowest BCUT2D eigenvalue weighted by atomic mass is 10.1. The van der Waals surface area contributed by atoms with E-state index in [-0.39, 0.29) is 6.04 Å². The van der Waals surface area contributed by atoms with Gasteiger partial charge in [-0.1, -0.05) is 24.3 Å². The predicted octanol–water partition coefficient (Wildman–Crippen LogP) is 3.25. The minimum atomic E-state index is 0.220. The number of rotatable bonds is 6. The van der Waals surface area contributed by atoms with E-state index in [4.69, 9.17) is 10.7 Å². The number of hydrogen-bond donors (Lipinski definition) is 1. The predicted molar refractivity (Wildman–Crippen MR) is 122 cm³/mol. The summed E-state index contributed by atoms with van der Waals surface area (Å²) >= 11 is 3.47. The number of nitrogens with two attached hydrogens (primary N) is 1. The molecular weight excluding hydrogens is 416 g/mol. The summed E-state index contributed by atoms with van der Waals surface area (Å²) in [5.74, 6) is 0.954. The number of nitrogens with zero attached hydrogens (tertiary/aromatic N) is 7. The first kappa shape index (κ1) is 19.4. The Morgan fingerprint density at radius 2 is 2.03 bits per heavy atom. The Labute approximate surface area is 182 Å². The molecule has 8 nitrogen and oxygen atoms in total. The minimum absolute atomic E-state index is 0.220. The van der Waals surface area contributed by atoms with Crippen LogP contribution in [0.5, 0.6) is 0 Å². The van der Waals surface area contributed by atoms with Crippen LogP contribution in [0.3, 0.4) is 0 Å². The van der Waals surface area contributed by atoms with Crippen molar-refractivity contribution >= 4 is 43.7 Å². The van der Waals surface area contributed by atoms with Gasteiger partial charge in [0.05, 0.1) is 22.8 Å². The molecule has 4 aromatic rings. The van der Waals surface area contributed by atoms with Crippen LogP contribution >= 0.6 is 22.7 Å². The molecular formula is C20H24N8S2. The number of thiazole rings is 1. The van der Waals surface area contributed by atoms with Crippen molar-refractivity contribution in [3.8, 4) is 0 Å². The van der Waals surface area contributed by atoms with Gasteiger partial charge in [-0.05, 0) is 46.5 Å². The monoisotopic (exact) mass is 440 g/mol. The maximum absolute atomic E-state index is 5.91. The Balaban J connectivity index is 1.29. The number of piperazine rings is 1. The summed E-state index contributed by atoms with van der Waals surface area (Å²) in [5, 5.41) is 15.8. The molecule has 0 spiro atoms. The van der Waals surface area contributed by atoms with Gasteiger partial charge in [-0.25, -0.2) is 9.67 Å². The van der Waals surface area contributed by atoms with E-state index in [1.807, 2.05) is 16.8 Å². The lowest BCUT2D eigenvalue weighted by Gasteiger charge is -2.38. The molecule has 10 heteroatoms. The quantitative estimate of drug-likeness (QED) is 0.460. The van der Waals surface area contributed by atoms with Gasteiger partial charge in [0.15, 0.2) is 11.0 Å². The van der Waals surface area contributed by atoms with Crippen molar-refractivity contribution < 1.29 is 0 Å². The molecule has 156 valence electrons. The van der Waals surface area contributed by atoms with Crippen LogP contribution in [-0.2, 0) is 6.54 Å². The molecule has 3 aromatic heterocycles. The van der Waals surface area contributed by atoms with E-state index in [2.05, 4.69) is 55.8 Å². The molecule has 0 radical (unpaired) electrons. The number of aromatic nitrogens is 5. The van der Waals surface area contributed by atoms with Crippen LogP contribution in [0, 0.1) is 0 Å². The molecule has 1 fully saturated rings. The highest BCUT2D eigenvalue weighted by Crippen LogP contribution is 2.32. The summed E-state index contributed by atoms with van der Waals surface area (Å²) in [5.41, 5.74) is 7.65. The summed E-state index contributed by atoms with van der Waals surface area (Å²) in [4.78, 5) is 10.9. The van der Waals surface area contributed by atoms with Crippen LogP contribution in [0.4, 0.5) is 10.8 Å². The van der Waals surface area contributed by atoms with E-state index in [0.29, 0.717) is 0 Å². The Kier molecular flexibility index (Phi) is 5.36. The van der Waals surface area contributed by atoms with Crippen LogP contribution in [0.15, 0.2) is 35.7 Å². The first-order chi connectivity index (χ1) is 14.7. The van der Waals surface area contributed by atoms with E-state index in [0.717, 1.165) is 61.3 Å². The Morgan fingerprint density at radius 3 is 2.80 bits per heavy atom. The third-order valence-corrected chi connectivity index (χ3v) is 7.51. The van der Waals surface area contributed by atoms with Gasteiger partial charge in [0, 0.05) is 36.7 Å². The Bertz CT molecular complexity index is 1110. The van der Waals surface area contributed by atoms with Gasteiger partial charge >= 0.3 is 0 Å². The fourth-order valence-electron chi connectivity index (χ4n) is 4.01. The van der Waals surface area contributed by atoms with Crippen molar-refractivity contribution in [3.05, 3.63) is 46.4 Å². The van der Waals surface area contributed by atoms with Crippen molar-refractivity contribution in [3.63, 3.8) is 0 Å². The average Bonchev–Trinajstić information content (AvgIpc) is 3.51. The number of tetrazole rings is 1. The summed E-state index contributed by atoms with van der Waals surface area (Å²) in [6.45, 7) is 6.74. The highest BCUT2D eigenvalue weighted by atomic mass is 32.1. The summed E-state index contributed by atoms with van der Waals surface area (Å²) < 4.78 is 3.13. The zero-order valence-electron chi connectivity index (χ0n) is 16.8. The van der Waals surface area contributed by atoms with Crippen molar-refractivity contribution in [2.45, 2.75) is 25.9 Å². The second-order valence-electron chi connectivity index (χ2n) is 7.44. The van der Waals surface area contributed by atoms with Crippen LogP contribution < -0.4 is 10.6 Å². The van der Waals surface area contributed by atoms with Gasteiger partial charge in [-0.15, -0.1) is 16.4 Å². The van der Waals surface area contributed by atoms with Gasteiger partial charge in [-0.3, -0.25) is 4.90 Å². The zero-order valence-corrected chi connectivity index (χ0v) is 18.4. The van der Waals surface area contributed by atoms with Crippen molar-refractivity contribution in [2.24, 2.45) is 0 Å². The van der Waals surface area contributed by atoms with Gasteiger partial charge in [0.1, 0.15) is 0 Å². The van der Waals surface area contributed by atoms with Crippen LogP contribution in [0.2, 0.25) is 0 Å². The molecule has 0 bridgehead atoms. The van der Waals surface area contributed by atoms with E-state index in [1.165, 1.54) is 9.58 Å². The molecule has 30 heavy (non-hydrogen) atoms. The molecule has 1 aromatic carbocycles. The maximum Gasteiger partial charge on any atom is 0.186 e. The first-order valence-corrected chi connectivity index (χ1v) is 11.8. The largest absolute Gasteiger partial charge is 0.399 e. The fraction of sp³-hybridized carbons (Fsp3) is 0.400. The maximum atomic E-state index is 5.91. The Morgan fingerprint density at radius 1 is 1.17 bits per heavy atom. The number of nitrogen functional groups attached to an aromatic ring is 1. The van der Waals surface area contributed by atoms with E-state index in [1.54, 1.807) is 22.7 Å². The van der Waals surface area contributed by atoms with E-state index >= 15 is 0 Å². The average molecular weight is 441 g/mol. The highest BCUT2D eigenvalue weighted by Gasteiger charge is 2.29. The van der Waals surface area contributed by atoms with Crippen molar-refractivity contribution in [2.75, 3.05) is 36.8 Å². The molecule has 0 amide bonds. The third kappa shape index (κ3) is 3.78. The molecule has 1 unspecified atom stereocenters. The molecule has 1 aliphatic rings. The Hall–Kier alpha value is -2.56. The third-order valence-electron chi connectivity index (χ3n) is 5.56. The molecule has 5 rings (SSSR count). The number of hydrogen-bond acceptors (Lipinski definition) is 9. The second kappa shape index (κ2) is 8.29. The summed E-state index contributed by atoms with van der Waals surface area (Å²) in [6, 6.07) is 10.4. The normalized spacial score (nSPS) is 16.4. The smallest absolute Gasteiger partial charge is 0.186 e. The molecule has 0 saturated carbocycles. The fourth-order valence-corrected chi connectivity index (χ4v) is 5.69. The number of fused-ring (bicyclic) bond motifs is 1. The zero-order chi connectivity index (χ0) is 20.5. The van der Waals surface area contributed by atoms with Crippen LogP contribution in [0.25, 0.3) is 10.2 Å². The lowest BCUT2D eigenvalue weighted by Crippen LogP contribution is -2.48.